The first-order valence-corrected chi connectivity index (χ1v) is 7.27. The van der Waals surface area contributed by atoms with Crippen LogP contribution in [0.1, 0.15) is 29.0 Å². The summed E-state index contributed by atoms with van der Waals surface area (Å²) >= 11 is 6.17. The van der Waals surface area contributed by atoms with E-state index in [1.165, 1.54) is 23.1 Å². The predicted octanol–water partition coefficient (Wildman–Crippen LogP) is 0.227. The first kappa shape index (κ1) is 15.4. The van der Waals surface area contributed by atoms with E-state index in [-0.39, 0.29) is 12.4 Å². The van der Waals surface area contributed by atoms with Crippen molar-refractivity contribution in [3.8, 4) is 0 Å². The summed E-state index contributed by atoms with van der Waals surface area (Å²) in [6.45, 7) is 0. The average Bonchev–Trinajstić information content (AvgIpc) is 2.43. The van der Waals surface area contributed by atoms with Crippen LogP contribution in [0.3, 0.4) is 0 Å². The molecule has 1 aliphatic rings. The van der Waals surface area contributed by atoms with Crippen LogP contribution in [-0.4, -0.2) is 6.04 Å². The summed E-state index contributed by atoms with van der Waals surface area (Å²) in [6, 6.07) is 17.5. The zero-order valence-electron chi connectivity index (χ0n) is 11.4. The molecule has 1 nitrogen and oxygen atoms in total. The highest BCUT2D eigenvalue weighted by Crippen LogP contribution is 2.34. The average molecular weight is 308 g/mol. The van der Waals surface area contributed by atoms with Crippen molar-refractivity contribution in [1.82, 2.24) is 0 Å². The molecule has 2 aromatic rings. The number of rotatable bonds is 2. The molecule has 0 aromatic heterocycles. The first-order valence-electron chi connectivity index (χ1n) is 6.89. The van der Waals surface area contributed by atoms with E-state index < -0.39 is 0 Å². The van der Waals surface area contributed by atoms with Gasteiger partial charge in [0.15, 0.2) is 0 Å². The summed E-state index contributed by atoms with van der Waals surface area (Å²) in [4.78, 5) is 0. The molecule has 0 bridgehead atoms. The summed E-state index contributed by atoms with van der Waals surface area (Å²) in [7, 11) is 0. The minimum absolute atomic E-state index is 0. The van der Waals surface area contributed by atoms with Crippen LogP contribution in [0, 0.1) is 0 Å². The number of hydrogen-bond donors (Lipinski definition) is 1. The molecule has 0 aliphatic heterocycles. The Morgan fingerprint density at radius 3 is 2.60 bits per heavy atom. The molecule has 106 valence electrons. The Labute approximate surface area is 131 Å². The third-order valence-corrected chi connectivity index (χ3v) is 4.39. The van der Waals surface area contributed by atoms with Crippen LogP contribution in [0.25, 0.3) is 0 Å². The van der Waals surface area contributed by atoms with Crippen LogP contribution in [0.15, 0.2) is 48.5 Å². The molecule has 2 atom stereocenters. The van der Waals surface area contributed by atoms with E-state index >= 15 is 0 Å². The van der Waals surface area contributed by atoms with Gasteiger partial charge in [-0.25, -0.2) is 0 Å². The molecular weight excluding hydrogens is 289 g/mol. The Balaban J connectivity index is 0.00000147. The van der Waals surface area contributed by atoms with Crippen LogP contribution in [0.5, 0.6) is 0 Å². The maximum absolute atomic E-state index is 6.17. The Morgan fingerprint density at radius 2 is 1.85 bits per heavy atom. The standard InChI is InChI=1S/C17H18ClN.ClH/c18-14-8-6-13-7-9-17(19)16(15(13)11-14)10-12-4-2-1-3-5-12;/h1-6,8,11,16-17H,7,9-10,19H2;1H/t16-,17+;/m0./s1. The van der Waals surface area contributed by atoms with Crippen LogP contribution in [0.4, 0.5) is 0 Å². The number of hydrogen-bond acceptors (Lipinski definition) is 0. The van der Waals surface area contributed by atoms with E-state index in [2.05, 4.69) is 48.2 Å². The normalized spacial score (nSPS) is 20.9. The van der Waals surface area contributed by atoms with E-state index in [0.717, 1.165) is 17.9 Å². The highest BCUT2D eigenvalue weighted by atomic mass is 35.5. The number of aryl methyl sites for hydroxylation is 1. The van der Waals surface area contributed by atoms with Crippen molar-refractivity contribution in [2.75, 3.05) is 0 Å². The molecule has 3 heteroatoms. The Hall–Kier alpha value is -1.02. The quantitative estimate of drug-likeness (QED) is 0.822. The van der Waals surface area contributed by atoms with Crippen LogP contribution in [-0.2, 0) is 12.8 Å². The second kappa shape index (κ2) is 6.62. The van der Waals surface area contributed by atoms with E-state index in [1.54, 1.807) is 0 Å². The Morgan fingerprint density at radius 1 is 1.10 bits per heavy atom. The molecule has 0 heterocycles. The fourth-order valence-electron chi connectivity index (χ4n) is 3.08. The Bertz CT molecular complexity index is 568. The fraction of sp³-hybridized carbons (Fsp3) is 0.294. The second-order valence-corrected chi connectivity index (χ2v) is 5.87. The van der Waals surface area contributed by atoms with Gasteiger partial charge in [-0.3, -0.25) is 0 Å². The summed E-state index contributed by atoms with van der Waals surface area (Å²) in [5.41, 5.74) is 8.60. The maximum Gasteiger partial charge on any atom is 0.0919 e. The maximum atomic E-state index is 6.17. The number of quaternary nitrogens is 1. The number of halogens is 2. The van der Waals surface area contributed by atoms with Gasteiger partial charge in [0.2, 0.25) is 0 Å². The lowest BCUT2D eigenvalue weighted by Crippen LogP contribution is -3.00. The van der Waals surface area contributed by atoms with Gasteiger partial charge in [0.25, 0.3) is 0 Å². The number of benzene rings is 2. The zero-order valence-corrected chi connectivity index (χ0v) is 12.9. The molecule has 0 spiro atoms. The van der Waals surface area contributed by atoms with Crippen LogP contribution < -0.4 is 18.1 Å². The van der Waals surface area contributed by atoms with Gasteiger partial charge in [0.1, 0.15) is 0 Å². The van der Waals surface area contributed by atoms with Gasteiger partial charge in [-0.2, -0.15) is 0 Å². The smallest absolute Gasteiger partial charge is 0.0919 e. The van der Waals surface area contributed by atoms with Crippen LogP contribution >= 0.6 is 11.6 Å². The lowest BCUT2D eigenvalue weighted by atomic mass is 9.76. The van der Waals surface area contributed by atoms with Gasteiger partial charge < -0.3 is 18.1 Å². The van der Waals surface area contributed by atoms with Crippen molar-refractivity contribution in [2.24, 2.45) is 0 Å². The van der Waals surface area contributed by atoms with Crippen molar-refractivity contribution < 1.29 is 18.1 Å². The Kier molecular flexibility index (Phi) is 5.09. The summed E-state index contributed by atoms with van der Waals surface area (Å²) < 4.78 is 0. The van der Waals surface area contributed by atoms with Crippen molar-refractivity contribution in [3.63, 3.8) is 0 Å². The molecule has 3 rings (SSSR count). The SMILES string of the molecule is [Cl-].[NH3+][C@@H]1CCc2ccc(Cl)cc2[C@@H]1Cc1ccccc1. The molecule has 1 aliphatic carbocycles. The molecule has 0 radical (unpaired) electrons. The first-order chi connectivity index (χ1) is 9.24. The highest BCUT2D eigenvalue weighted by Gasteiger charge is 2.29. The molecule has 0 amide bonds. The lowest BCUT2D eigenvalue weighted by molar-refractivity contribution is -0.428. The van der Waals surface area contributed by atoms with Crippen molar-refractivity contribution in [3.05, 3.63) is 70.2 Å². The highest BCUT2D eigenvalue weighted by molar-refractivity contribution is 6.30. The molecule has 3 N–H and O–H groups in total. The molecule has 0 fully saturated rings. The van der Waals surface area contributed by atoms with Gasteiger partial charge >= 0.3 is 0 Å². The molecule has 2 aromatic carbocycles. The van der Waals surface area contributed by atoms with Crippen LogP contribution in [0.2, 0.25) is 5.02 Å². The summed E-state index contributed by atoms with van der Waals surface area (Å²) in [5.74, 6) is 0.491. The van der Waals surface area contributed by atoms with Crippen molar-refractivity contribution in [2.45, 2.75) is 31.2 Å². The van der Waals surface area contributed by atoms with Gasteiger partial charge in [0.05, 0.1) is 6.04 Å². The van der Waals surface area contributed by atoms with Gasteiger partial charge in [-0.15, -0.1) is 0 Å². The van der Waals surface area contributed by atoms with E-state index in [0.29, 0.717) is 12.0 Å². The monoisotopic (exact) mass is 307 g/mol. The zero-order chi connectivity index (χ0) is 13.2. The molecule has 0 saturated heterocycles. The summed E-state index contributed by atoms with van der Waals surface area (Å²) in [5, 5.41) is 0.839. The third kappa shape index (κ3) is 3.17. The predicted molar refractivity (Wildman–Crippen MR) is 79.3 cm³/mol. The fourth-order valence-corrected chi connectivity index (χ4v) is 3.26. The van der Waals surface area contributed by atoms with E-state index in [4.69, 9.17) is 11.6 Å². The van der Waals surface area contributed by atoms with Gasteiger partial charge in [0, 0.05) is 17.4 Å². The van der Waals surface area contributed by atoms with Gasteiger partial charge in [-0.1, -0.05) is 48.0 Å². The van der Waals surface area contributed by atoms with Crippen molar-refractivity contribution in [1.29, 1.82) is 0 Å². The second-order valence-electron chi connectivity index (χ2n) is 5.44. The van der Waals surface area contributed by atoms with Crippen molar-refractivity contribution >= 4 is 11.6 Å². The van der Waals surface area contributed by atoms with E-state index in [1.807, 2.05) is 6.07 Å². The minimum Gasteiger partial charge on any atom is -1.00 e. The number of fused-ring (bicyclic) bond motifs is 1. The molecule has 20 heavy (non-hydrogen) atoms. The molecule has 0 unspecified atom stereocenters. The molecule has 0 saturated carbocycles. The summed E-state index contributed by atoms with van der Waals surface area (Å²) in [6.07, 6.45) is 3.36. The molecular formula is C17H19Cl2N. The lowest BCUT2D eigenvalue weighted by Gasteiger charge is -2.29. The largest absolute Gasteiger partial charge is 1.00 e. The van der Waals surface area contributed by atoms with Gasteiger partial charge in [-0.05, 0) is 41.7 Å². The van der Waals surface area contributed by atoms with E-state index in [9.17, 15) is 0 Å². The minimum atomic E-state index is 0. The topological polar surface area (TPSA) is 27.6 Å². The third-order valence-electron chi connectivity index (χ3n) is 4.16.